The van der Waals surface area contributed by atoms with Gasteiger partial charge in [0.1, 0.15) is 0 Å². The van der Waals surface area contributed by atoms with Gasteiger partial charge in [-0.15, -0.1) is 11.3 Å². The second-order valence-electron chi connectivity index (χ2n) is 3.49. The molecule has 13 heavy (non-hydrogen) atoms. The Balaban J connectivity index is 2.70. The van der Waals surface area contributed by atoms with Crippen molar-refractivity contribution < 1.29 is 4.74 Å². The van der Waals surface area contributed by atoms with E-state index in [1.807, 2.05) is 11.4 Å². The van der Waals surface area contributed by atoms with E-state index in [-0.39, 0.29) is 12.1 Å². The second kappa shape index (κ2) is 4.74. The van der Waals surface area contributed by atoms with E-state index < -0.39 is 0 Å². The molecule has 2 unspecified atom stereocenters. The molecule has 0 saturated heterocycles. The van der Waals surface area contributed by atoms with Crippen LogP contribution < -0.4 is 5.73 Å². The molecule has 1 aromatic rings. The fourth-order valence-corrected chi connectivity index (χ4v) is 2.24. The summed E-state index contributed by atoms with van der Waals surface area (Å²) in [6, 6.07) is 4.08. The molecular formula is C10H17NOS. The molecule has 0 spiro atoms. The maximum Gasteiger partial charge on any atom is 0.0794 e. The third kappa shape index (κ3) is 2.53. The van der Waals surface area contributed by atoms with Crippen LogP contribution in [0.25, 0.3) is 0 Å². The van der Waals surface area contributed by atoms with Gasteiger partial charge in [0, 0.05) is 12.0 Å². The summed E-state index contributed by atoms with van der Waals surface area (Å²) in [7, 11) is 1.72. The number of hydrogen-bond acceptors (Lipinski definition) is 3. The van der Waals surface area contributed by atoms with Crippen LogP contribution in [0.2, 0.25) is 0 Å². The van der Waals surface area contributed by atoms with Crippen molar-refractivity contribution in [3.63, 3.8) is 0 Å². The van der Waals surface area contributed by atoms with E-state index >= 15 is 0 Å². The normalized spacial score (nSPS) is 16.1. The standard InChI is InChI=1S/C10H17NOS/c1-7(2)10(12-3)9(11)8-5-4-6-13-8/h4-7,9-10H,11H2,1-3H3. The topological polar surface area (TPSA) is 35.2 Å². The lowest BCUT2D eigenvalue weighted by atomic mass is 9.99. The maximum absolute atomic E-state index is 6.08. The predicted molar refractivity (Wildman–Crippen MR) is 56.9 cm³/mol. The van der Waals surface area contributed by atoms with Crippen LogP contribution in [0.15, 0.2) is 17.5 Å². The minimum absolute atomic E-state index is 0.00463. The zero-order valence-electron chi connectivity index (χ0n) is 8.36. The van der Waals surface area contributed by atoms with Gasteiger partial charge in [-0.05, 0) is 17.4 Å². The van der Waals surface area contributed by atoms with Gasteiger partial charge in [-0.3, -0.25) is 0 Å². The summed E-state index contributed by atoms with van der Waals surface area (Å²) in [4.78, 5) is 1.19. The summed E-state index contributed by atoms with van der Waals surface area (Å²) < 4.78 is 5.38. The summed E-state index contributed by atoms with van der Waals surface area (Å²) in [5.74, 6) is 0.446. The Morgan fingerprint density at radius 2 is 2.15 bits per heavy atom. The quantitative estimate of drug-likeness (QED) is 0.808. The fourth-order valence-electron chi connectivity index (χ4n) is 1.48. The van der Waals surface area contributed by atoms with Crippen LogP contribution in [0.5, 0.6) is 0 Å². The van der Waals surface area contributed by atoms with Gasteiger partial charge in [0.05, 0.1) is 12.1 Å². The van der Waals surface area contributed by atoms with Crippen molar-refractivity contribution in [1.29, 1.82) is 0 Å². The highest BCUT2D eigenvalue weighted by molar-refractivity contribution is 7.10. The van der Waals surface area contributed by atoms with E-state index in [1.54, 1.807) is 18.4 Å². The van der Waals surface area contributed by atoms with Gasteiger partial charge < -0.3 is 10.5 Å². The number of thiophene rings is 1. The molecule has 1 heterocycles. The third-order valence-electron chi connectivity index (χ3n) is 2.15. The van der Waals surface area contributed by atoms with Crippen molar-refractivity contribution in [1.82, 2.24) is 0 Å². The minimum atomic E-state index is 0.00463. The fraction of sp³-hybridized carbons (Fsp3) is 0.600. The Morgan fingerprint density at radius 1 is 1.46 bits per heavy atom. The number of methoxy groups -OCH3 is 1. The zero-order chi connectivity index (χ0) is 9.84. The average molecular weight is 199 g/mol. The van der Waals surface area contributed by atoms with Gasteiger partial charge in [0.2, 0.25) is 0 Å². The molecule has 0 saturated carbocycles. The monoisotopic (exact) mass is 199 g/mol. The Bertz CT molecular complexity index is 233. The molecule has 74 valence electrons. The highest BCUT2D eigenvalue weighted by Gasteiger charge is 2.22. The lowest BCUT2D eigenvalue weighted by Gasteiger charge is -2.24. The molecule has 2 nitrogen and oxygen atoms in total. The summed E-state index contributed by atoms with van der Waals surface area (Å²) in [6.45, 7) is 4.25. The van der Waals surface area contributed by atoms with Crippen molar-refractivity contribution in [3.8, 4) is 0 Å². The third-order valence-corrected chi connectivity index (χ3v) is 3.13. The van der Waals surface area contributed by atoms with Gasteiger partial charge in [-0.1, -0.05) is 19.9 Å². The summed E-state index contributed by atoms with van der Waals surface area (Å²) >= 11 is 1.69. The SMILES string of the molecule is COC(C(C)C)C(N)c1cccs1. The van der Waals surface area contributed by atoms with Crippen LogP contribution in [-0.2, 0) is 4.74 Å². The molecule has 2 atom stereocenters. The Morgan fingerprint density at radius 3 is 2.54 bits per heavy atom. The zero-order valence-corrected chi connectivity index (χ0v) is 9.17. The molecule has 0 bridgehead atoms. The predicted octanol–water partition coefficient (Wildman–Crippen LogP) is 2.42. The molecular weight excluding hydrogens is 182 g/mol. The van der Waals surface area contributed by atoms with Gasteiger partial charge in [-0.25, -0.2) is 0 Å². The van der Waals surface area contributed by atoms with Crippen LogP contribution in [-0.4, -0.2) is 13.2 Å². The largest absolute Gasteiger partial charge is 0.379 e. The van der Waals surface area contributed by atoms with Crippen LogP contribution in [0.3, 0.4) is 0 Å². The molecule has 0 aromatic carbocycles. The number of rotatable bonds is 4. The first-order valence-electron chi connectivity index (χ1n) is 4.48. The van der Waals surface area contributed by atoms with E-state index in [0.29, 0.717) is 5.92 Å². The van der Waals surface area contributed by atoms with E-state index in [9.17, 15) is 0 Å². The lowest BCUT2D eigenvalue weighted by molar-refractivity contribution is 0.0446. The van der Waals surface area contributed by atoms with Crippen LogP contribution in [0.1, 0.15) is 24.8 Å². The first kappa shape index (κ1) is 10.7. The first-order valence-corrected chi connectivity index (χ1v) is 5.36. The number of nitrogens with two attached hydrogens (primary N) is 1. The molecule has 2 N–H and O–H groups in total. The summed E-state index contributed by atoms with van der Waals surface area (Å²) in [6.07, 6.45) is 0.110. The molecule has 1 aromatic heterocycles. The van der Waals surface area contributed by atoms with Gasteiger partial charge in [0.25, 0.3) is 0 Å². The molecule has 3 heteroatoms. The van der Waals surface area contributed by atoms with Gasteiger partial charge in [0.15, 0.2) is 0 Å². The van der Waals surface area contributed by atoms with Gasteiger partial charge >= 0.3 is 0 Å². The van der Waals surface area contributed by atoms with E-state index in [4.69, 9.17) is 10.5 Å². The molecule has 1 rings (SSSR count). The summed E-state index contributed by atoms with van der Waals surface area (Å²) in [5.41, 5.74) is 6.08. The highest BCUT2D eigenvalue weighted by Crippen LogP contribution is 2.25. The van der Waals surface area contributed by atoms with Crippen LogP contribution in [0, 0.1) is 5.92 Å². The molecule has 0 radical (unpaired) electrons. The molecule has 0 aliphatic heterocycles. The molecule has 0 aliphatic carbocycles. The van der Waals surface area contributed by atoms with Crippen molar-refractivity contribution in [3.05, 3.63) is 22.4 Å². The van der Waals surface area contributed by atoms with Crippen molar-refractivity contribution in [2.75, 3.05) is 7.11 Å². The highest BCUT2D eigenvalue weighted by atomic mass is 32.1. The number of hydrogen-bond donors (Lipinski definition) is 1. The van der Waals surface area contributed by atoms with E-state index in [2.05, 4.69) is 19.9 Å². The van der Waals surface area contributed by atoms with Crippen LogP contribution in [0.4, 0.5) is 0 Å². The van der Waals surface area contributed by atoms with Crippen molar-refractivity contribution >= 4 is 11.3 Å². The van der Waals surface area contributed by atoms with Crippen molar-refractivity contribution in [2.24, 2.45) is 11.7 Å². The van der Waals surface area contributed by atoms with E-state index in [0.717, 1.165) is 0 Å². The molecule has 0 amide bonds. The van der Waals surface area contributed by atoms with Gasteiger partial charge in [-0.2, -0.15) is 0 Å². The van der Waals surface area contributed by atoms with Crippen LogP contribution >= 0.6 is 11.3 Å². The number of ether oxygens (including phenoxy) is 1. The Labute approximate surface area is 83.7 Å². The first-order chi connectivity index (χ1) is 6.16. The second-order valence-corrected chi connectivity index (χ2v) is 4.46. The smallest absolute Gasteiger partial charge is 0.0794 e. The maximum atomic E-state index is 6.08. The van der Waals surface area contributed by atoms with E-state index in [1.165, 1.54) is 4.88 Å². The Hall–Kier alpha value is -0.380. The Kier molecular flexibility index (Phi) is 3.90. The minimum Gasteiger partial charge on any atom is -0.379 e. The lowest BCUT2D eigenvalue weighted by Crippen LogP contribution is -2.31. The summed E-state index contributed by atoms with van der Waals surface area (Å²) in [5, 5.41) is 2.04. The van der Waals surface area contributed by atoms with Crippen molar-refractivity contribution in [2.45, 2.75) is 26.0 Å². The molecule has 0 aliphatic rings. The molecule has 0 fully saturated rings. The average Bonchev–Trinajstić information content (AvgIpc) is 2.56.